The molecule has 0 spiro atoms. The van der Waals surface area contributed by atoms with Gasteiger partial charge >= 0.3 is 11.7 Å². The quantitative estimate of drug-likeness (QED) is 0.425. The third-order valence-electron chi connectivity index (χ3n) is 5.26. The third-order valence-corrected chi connectivity index (χ3v) is 5.51. The molecule has 33 heavy (non-hydrogen) atoms. The number of rotatable bonds is 8. The number of para-hydroxylation sites is 2. The van der Waals surface area contributed by atoms with Crippen LogP contribution >= 0.6 is 11.6 Å². The van der Waals surface area contributed by atoms with Crippen LogP contribution in [0.5, 0.6) is 17.5 Å². The Hall–Kier alpha value is -3.56. The molecular weight excluding hydrogens is 448 g/mol. The zero-order valence-electron chi connectivity index (χ0n) is 18.2. The molecule has 9 nitrogen and oxygen atoms in total. The number of imidazole rings is 1. The molecule has 0 aliphatic heterocycles. The van der Waals surface area contributed by atoms with E-state index in [2.05, 4.69) is 4.98 Å². The molecule has 172 valence electrons. The minimum Gasteiger partial charge on any atom is -0.493 e. The fourth-order valence-corrected chi connectivity index (χ4v) is 3.70. The van der Waals surface area contributed by atoms with Crippen LogP contribution in [0, 0.1) is 0 Å². The zero-order valence-corrected chi connectivity index (χ0v) is 19.0. The number of hydrogen-bond acceptors (Lipinski definition) is 6. The van der Waals surface area contributed by atoms with Crippen molar-refractivity contribution in [2.45, 2.75) is 19.5 Å². The van der Waals surface area contributed by atoms with Crippen LogP contribution in [0.25, 0.3) is 11.2 Å². The average Bonchev–Trinajstić information content (AvgIpc) is 3.17. The number of nitrogens with zero attached hydrogens (tertiary/aromatic N) is 4. The predicted octanol–water partition coefficient (Wildman–Crippen LogP) is 2.78. The van der Waals surface area contributed by atoms with Gasteiger partial charge in [0.05, 0.1) is 13.7 Å². The molecule has 0 amide bonds. The van der Waals surface area contributed by atoms with Crippen LogP contribution in [0.15, 0.2) is 58.1 Å². The summed E-state index contributed by atoms with van der Waals surface area (Å²) in [6.07, 6.45) is 0.274. The summed E-state index contributed by atoms with van der Waals surface area (Å²) in [5.41, 5.74) is 0.261. The first-order valence-corrected chi connectivity index (χ1v) is 10.7. The molecule has 0 atom stereocenters. The molecule has 0 saturated heterocycles. The van der Waals surface area contributed by atoms with E-state index < -0.39 is 11.2 Å². The van der Waals surface area contributed by atoms with Crippen molar-refractivity contribution in [3.63, 3.8) is 0 Å². The predicted molar refractivity (Wildman–Crippen MR) is 125 cm³/mol. The Morgan fingerprint density at radius 2 is 1.73 bits per heavy atom. The van der Waals surface area contributed by atoms with Gasteiger partial charge in [0.25, 0.3) is 5.56 Å². The lowest BCUT2D eigenvalue weighted by atomic mass is 10.2. The minimum absolute atomic E-state index is 0.0900. The van der Waals surface area contributed by atoms with E-state index >= 15 is 0 Å². The Balaban J connectivity index is 1.94. The van der Waals surface area contributed by atoms with Crippen LogP contribution in [-0.4, -0.2) is 37.5 Å². The highest BCUT2D eigenvalue weighted by atomic mass is 35.5. The molecule has 0 unspecified atom stereocenters. The van der Waals surface area contributed by atoms with Crippen LogP contribution < -0.4 is 20.7 Å². The molecule has 2 aromatic heterocycles. The first-order valence-electron chi connectivity index (χ1n) is 10.3. The van der Waals surface area contributed by atoms with Crippen molar-refractivity contribution in [2.75, 3.05) is 13.7 Å². The molecular formula is C23H23ClN4O5. The minimum atomic E-state index is -0.513. The second-order valence-electron chi connectivity index (χ2n) is 7.41. The lowest BCUT2D eigenvalue weighted by Gasteiger charge is -2.12. The summed E-state index contributed by atoms with van der Waals surface area (Å²) in [7, 11) is 3.08. The lowest BCUT2D eigenvalue weighted by molar-refractivity contribution is 0.277. The van der Waals surface area contributed by atoms with E-state index in [9.17, 15) is 14.7 Å². The molecule has 0 radical (unpaired) electrons. The molecule has 0 fully saturated rings. The maximum absolute atomic E-state index is 13.4. The van der Waals surface area contributed by atoms with Crippen molar-refractivity contribution in [1.29, 1.82) is 0 Å². The number of aliphatic hydroxyl groups is 1. The molecule has 4 rings (SSSR count). The summed E-state index contributed by atoms with van der Waals surface area (Å²) in [5, 5.41) is 9.79. The van der Waals surface area contributed by atoms with Crippen LogP contribution in [0.4, 0.5) is 0 Å². The van der Waals surface area contributed by atoms with Crippen LogP contribution in [0.2, 0.25) is 5.02 Å². The molecule has 0 aliphatic carbocycles. The SMILES string of the molecule is COc1ccccc1Oc1nc2c(c(=O)n(CCCO)c(=O)n2C)n1Cc1ccc(Cl)cc1. The van der Waals surface area contributed by atoms with Crippen LogP contribution in [0.3, 0.4) is 0 Å². The molecule has 0 bridgehead atoms. The topological polar surface area (TPSA) is 101 Å². The molecule has 2 aromatic carbocycles. The van der Waals surface area contributed by atoms with E-state index in [0.29, 0.717) is 16.5 Å². The zero-order chi connectivity index (χ0) is 23.5. The van der Waals surface area contributed by atoms with Crippen molar-refractivity contribution in [3.05, 3.63) is 80.0 Å². The summed E-state index contributed by atoms with van der Waals surface area (Å²) < 4.78 is 15.5. The average molecular weight is 471 g/mol. The first-order chi connectivity index (χ1) is 15.9. The maximum atomic E-state index is 13.4. The fraction of sp³-hybridized carbons (Fsp3) is 0.261. The maximum Gasteiger partial charge on any atom is 0.332 e. The fourth-order valence-electron chi connectivity index (χ4n) is 3.58. The number of methoxy groups -OCH3 is 1. The number of halogens is 1. The van der Waals surface area contributed by atoms with Gasteiger partial charge in [-0.3, -0.25) is 18.5 Å². The normalized spacial score (nSPS) is 11.2. The Morgan fingerprint density at radius 1 is 1.03 bits per heavy atom. The molecule has 1 N–H and O–H groups in total. The summed E-state index contributed by atoms with van der Waals surface area (Å²) in [4.78, 5) is 30.7. The summed E-state index contributed by atoms with van der Waals surface area (Å²) in [6.45, 7) is 0.207. The second kappa shape index (κ2) is 9.51. The molecule has 0 saturated carbocycles. The largest absolute Gasteiger partial charge is 0.493 e. The van der Waals surface area contributed by atoms with Gasteiger partial charge in [0.15, 0.2) is 22.7 Å². The number of fused-ring (bicyclic) bond motifs is 1. The van der Waals surface area contributed by atoms with Crippen molar-refractivity contribution in [1.82, 2.24) is 18.7 Å². The third kappa shape index (κ3) is 4.37. The van der Waals surface area contributed by atoms with Crippen molar-refractivity contribution < 1.29 is 14.6 Å². The second-order valence-corrected chi connectivity index (χ2v) is 7.84. The van der Waals surface area contributed by atoms with Crippen molar-refractivity contribution >= 4 is 22.8 Å². The molecule has 2 heterocycles. The van der Waals surface area contributed by atoms with Crippen LogP contribution in [-0.2, 0) is 20.1 Å². The lowest BCUT2D eigenvalue weighted by Crippen LogP contribution is -2.39. The number of ether oxygens (including phenoxy) is 2. The van der Waals surface area contributed by atoms with Gasteiger partial charge in [-0.05, 0) is 36.2 Å². The van der Waals surface area contributed by atoms with E-state index in [1.807, 2.05) is 18.2 Å². The van der Waals surface area contributed by atoms with Gasteiger partial charge < -0.3 is 14.6 Å². The van der Waals surface area contributed by atoms with E-state index in [4.69, 9.17) is 21.1 Å². The summed E-state index contributed by atoms with van der Waals surface area (Å²) in [6, 6.07) is 14.4. The monoisotopic (exact) mass is 470 g/mol. The van der Waals surface area contributed by atoms with Gasteiger partial charge in [0.2, 0.25) is 0 Å². The van der Waals surface area contributed by atoms with Gasteiger partial charge in [-0.2, -0.15) is 4.98 Å². The van der Waals surface area contributed by atoms with Crippen molar-refractivity contribution in [2.24, 2.45) is 7.05 Å². The Labute approximate surface area is 194 Å². The molecule has 10 heteroatoms. The number of hydrogen-bond donors (Lipinski definition) is 1. The van der Waals surface area contributed by atoms with Gasteiger partial charge in [0, 0.05) is 25.2 Å². The smallest absolute Gasteiger partial charge is 0.332 e. The highest BCUT2D eigenvalue weighted by Gasteiger charge is 2.22. The van der Waals surface area contributed by atoms with Gasteiger partial charge in [-0.15, -0.1) is 0 Å². The number of benzene rings is 2. The number of aliphatic hydroxyl groups excluding tert-OH is 1. The van der Waals surface area contributed by atoms with E-state index in [-0.39, 0.29) is 43.3 Å². The number of aryl methyl sites for hydroxylation is 1. The molecule has 0 aliphatic rings. The Morgan fingerprint density at radius 3 is 2.39 bits per heavy atom. The van der Waals surface area contributed by atoms with E-state index in [0.717, 1.165) is 10.1 Å². The highest BCUT2D eigenvalue weighted by Crippen LogP contribution is 2.32. The first kappa shape index (κ1) is 22.6. The van der Waals surface area contributed by atoms with Gasteiger partial charge in [-0.25, -0.2) is 4.79 Å². The Bertz CT molecular complexity index is 1410. The van der Waals surface area contributed by atoms with E-state index in [1.54, 1.807) is 41.9 Å². The van der Waals surface area contributed by atoms with Gasteiger partial charge in [0.1, 0.15) is 0 Å². The highest BCUT2D eigenvalue weighted by molar-refractivity contribution is 6.30. The standard InChI is InChI=1S/C23H23ClN4O5/c1-26-20-19(21(30)27(23(26)31)12-5-13-29)28(14-15-8-10-16(24)11-9-15)22(25-20)33-18-7-4-3-6-17(18)32-2/h3-4,6-11,29H,5,12-14H2,1-2H3. The molecule has 4 aromatic rings. The van der Waals surface area contributed by atoms with Crippen molar-refractivity contribution in [3.8, 4) is 17.5 Å². The van der Waals surface area contributed by atoms with Crippen LogP contribution in [0.1, 0.15) is 12.0 Å². The number of aromatic nitrogens is 4. The summed E-state index contributed by atoms with van der Waals surface area (Å²) in [5.74, 6) is 0.912. The Kier molecular flexibility index (Phi) is 6.52. The van der Waals surface area contributed by atoms with E-state index in [1.165, 1.54) is 11.7 Å². The van der Waals surface area contributed by atoms with Gasteiger partial charge in [-0.1, -0.05) is 35.9 Å². The summed E-state index contributed by atoms with van der Waals surface area (Å²) >= 11 is 6.02.